The lowest BCUT2D eigenvalue weighted by Gasteiger charge is -2.09. The molecule has 0 bridgehead atoms. The van der Waals surface area contributed by atoms with Crippen molar-refractivity contribution >= 4 is 34.2 Å². The Balaban J connectivity index is 1.51. The van der Waals surface area contributed by atoms with Gasteiger partial charge in [0.05, 0.1) is 6.61 Å². The molecule has 3 aromatic carbocycles. The average Bonchev–Trinajstić information content (AvgIpc) is 3.19. The molecule has 2 amide bonds. The molecule has 4 rings (SSSR count). The number of furan rings is 1. The summed E-state index contributed by atoms with van der Waals surface area (Å²) in [5, 5.41) is 6.03. The van der Waals surface area contributed by atoms with Gasteiger partial charge in [-0.05, 0) is 67.6 Å². The number of ether oxygens (including phenoxy) is 2. The van der Waals surface area contributed by atoms with E-state index in [2.05, 4.69) is 10.6 Å². The van der Waals surface area contributed by atoms with Crippen molar-refractivity contribution in [2.24, 2.45) is 0 Å². The van der Waals surface area contributed by atoms with Crippen molar-refractivity contribution in [1.29, 1.82) is 0 Å². The van der Waals surface area contributed by atoms with Crippen LogP contribution in [0.15, 0.2) is 77.2 Å². The maximum Gasteiger partial charge on any atom is 0.293 e. The monoisotopic (exact) mass is 448 g/mol. The number of nitrogens with one attached hydrogen (secondary N) is 2. The molecular formula is C25H21FN2O5. The summed E-state index contributed by atoms with van der Waals surface area (Å²) in [5.74, 6) is -0.434. The quantitative estimate of drug-likeness (QED) is 0.385. The summed E-state index contributed by atoms with van der Waals surface area (Å²) in [7, 11) is 0. The fourth-order valence-electron chi connectivity index (χ4n) is 3.17. The van der Waals surface area contributed by atoms with E-state index in [9.17, 15) is 14.0 Å². The van der Waals surface area contributed by atoms with Gasteiger partial charge in [0.1, 0.15) is 28.6 Å². The second-order valence-electron chi connectivity index (χ2n) is 7.00. The third-order valence-corrected chi connectivity index (χ3v) is 4.67. The van der Waals surface area contributed by atoms with Gasteiger partial charge < -0.3 is 24.5 Å². The van der Waals surface area contributed by atoms with Crippen LogP contribution in [-0.2, 0) is 4.79 Å². The van der Waals surface area contributed by atoms with Gasteiger partial charge in [0.15, 0.2) is 6.61 Å². The van der Waals surface area contributed by atoms with E-state index in [1.807, 2.05) is 6.92 Å². The molecule has 8 heteroatoms. The van der Waals surface area contributed by atoms with Crippen LogP contribution in [0.25, 0.3) is 11.0 Å². The Bertz CT molecular complexity index is 1270. The zero-order valence-electron chi connectivity index (χ0n) is 17.8. The molecule has 0 aliphatic heterocycles. The first kappa shape index (κ1) is 21.9. The molecule has 0 aliphatic rings. The van der Waals surface area contributed by atoms with Crippen LogP contribution in [0.4, 0.5) is 15.8 Å². The third-order valence-electron chi connectivity index (χ3n) is 4.67. The smallest absolute Gasteiger partial charge is 0.293 e. The zero-order valence-corrected chi connectivity index (χ0v) is 17.8. The second kappa shape index (κ2) is 9.86. The van der Waals surface area contributed by atoms with Gasteiger partial charge in [0, 0.05) is 11.1 Å². The number of anilines is 2. The van der Waals surface area contributed by atoms with Crippen molar-refractivity contribution in [3.8, 4) is 11.5 Å². The molecule has 0 unspecified atom stereocenters. The molecule has 0 spiro atoms. The highest BCUT2D eigenvalue weighted by molar-refractivity contribution is 6.14. The van der Waals surface area contributed by atoms with Crippen molar-refractivity contribution in [3.63, 3.8) is 0 Å². The van der Waals surface area contributed by atoms with Gasteiger partial charge in [-0.3, -0.25) is 9.59 Å². The summed E-state index contributed by atoms with van der Waals surface area (Å²) < 4.78 is 29.6. The Kier molecular flexibility index (Phi) is 6.54. The van der Waals surface area contributed by atoms with Crippen LogP contribution < -0.4 is 20.1 Å². The molecular weight excluding hydrogens is 427 g/mol. The SMILES string of the molecule is CCOc1ccc(NC(=O)c2oc3ccccc3c2NC(=O)COc2ccc(F)cc2)cc1. The van der Waals surface area contributed by atoms with Crippen LogP contribution in [0, 0.1) is 5.82 Å². The topological polar surface area (TPSA) is 89.8 Å². The van der Waals surface area contributed by atoms with Crippen LogP contribution in [0.3, 0.4) is 0 Å². The average molecular weight is 448 g/mol. The van der Waals surface area contributed by atoms with E-state index < -0.39 is 17.6 Å². The molecule has 33 heavy (non-hydrogen) atoms. The molecule has 0 saturated carbocycles. The number of para-hydroxylation sites is 1. The van der Waals surface area contributed by atoms with Crippen LogP contribution >= 0.6 is 0 Å². The number of carbonyl (C=O) groups is 2. The zero-order chi connectivity index (χ0) is 23.2. The van der Waals surface area contributed by atoms with E-state index in [4.69, 9.17) is 13.9 Å². The summed E-state index contributed by atoms with van der Waals surface area (Å²) in [6.07, 6.45) is 0. The highest BCUT2D eigenvalue weighted by Crippen LogP contribution is 2.31. The Morgan fingerprint density at radius 1 is 0.879 bits per heavy atom. The fourth-order valence-corrected chi connectivity index (χ4v) is 3.17. The molecule has 4 aromatic rings. The van der Waals surface area contributed by atoms with Crippen molar-refractivity contribution in [2.75, 3.05) is 23.8 Å². The number of hydrogen-bond donors (Lipinski definition) is 2. The summed E-state index contributed by atoms with van der Waals surface area (Å²) in [6, 6.07) is 19.2. The lowest BCUT2D eigenvalue weighted by atomic mass is 10.2. The maximum absolute atomic E-state index is 13.0. The maximum atomic E-state index is 13.0. The number of carbonyl (C=O) groups excluding carboxylic acids is 2. The van der Waals surface area contributed by atoms with Gasteiger partial charge in [-0.2, -0.15) is 0 Å². The predicted octanol–water partition coefficient (Wildman–Crippen LogP) is 5.24. The van der Waals surface area contributed by atoms with E-state index in [0.29, 0.717) is 34.8 Å². The van der Waals surface area contributed by atoms with Gasteiger partial charge in [0.2, 0.25) is 5.76 Å². The molecule has 7 nitrogen and oxygen atoms in total. The highest BCUT2D eigenvalue weighted by Gasteiger charge is 2.22. The molecule has 0 atom stereocenters. The minimum absolute atomic E-state index is 0.0415. The largest absolute Gasteiger partial charge is 0.494 e. The minimum Gasteiger partial charge on any atom is -0.494 e. The first-order valence-corrected chi connectivity index (χ1v) is 10.3. The Morgan fingerprint density at radius 2 is 1.55 bits per heavy atom. The Morgan fingerprint density at radius 3 is 2.27 bits per heavy atom. The number of rotatable bonds is 8. The van der Waals surface area contributed by atoms with Gasteiger partial charge in [0.25, 0.3) is 11.8 Å². The number of amides is 2. The minimum atomic E-state index is -0.523. The highest BCUT2D eigenvalue weighted by atomic mass is 19.1. The van der Waals surface area contributed by atoms with Gasteiger partial charge >= 0.3 is 0 Å². The Labute approximate surface area is 189 Å². The second-order valence-corrected chi connectivity index (χ2v) is 7.00. The molecule has 0 fully saturated rings. The molecule has 168 valence electrons. The van der Waals surface area contributed by atoms with Crippen molar-refractivity contribution < 1.29 is 27.9 Å². The van der Waals surface area contributed by atoms with Gasteiger partial charge in [-0.1, -0.05) is 12.1 Å². The fraction of sp³-hybridized carbons (Fsp3) is 0.120. The number of hydrogen-bond acceptors (Lipinski definition) is 5. The van der Waals surface area contributed by atoms with Crippen LogP contribution in [0.5, 0.6) is 11.5 Å². The molecule has 0 aliphatic carbocycles. The lowest BCUT2D eigenvalue weighted by molar-refractivity contribution is -0.118. The van der Waals surface area contributed by atoms with Crippen LogP contribution in [-0.4, -0.2) is 25.0 Å². The van der Waals surface area contributed by atoms with Crippen molar-refractivity contribution in [2.45, 2.75) is 6.92 Å². The molecule has 0 radical (unpaired) electrons. The third kappa shape index (κ3) is 5.30. The Hall–Kier alpha value is -4.33. The standard InChI is InChI=1S/C25H21FN2O5/c1-2-31-18-13-9-17(10-14-18)27-25(30)24-23(20-5-3-4-6-21(20)33-24)28-22(29)15-32-19-11-7-16(26)8-12-19/h3-14H,2,15H2,1H3,(H,27,30)(H,28,29). The van der Waals surface area contributed by atoms with Crippen LogP contribution in [0.2, 0.25) is 0 Å². The molecule has 2 N–H and O–H groups in total. The number of halogens is 1. The van der Waals surface area contributed by atoms with Crippen LogP contribution in [0.1, 0.15) is 17.5 Å². The lowest BCUT2D eigenvalue weighted by Crippen LogP contribution is -2.22. The molecule has 0 saturated heterocycles. The van der Waals surface area contributed by atoms with E-state index in [0.717, 1.165) is 0 Å². The van der Waals surface area contributed by atoms with E-state index >= 15 is 0 Å². The normalized spacial score (nSPS) is 10.6. The predicted molar refractivity (Wildman–Crippen MR) is 122 cm³/mol. The first-order chi connectivity index (χ1) is 16.0. The summed E-state index contributed by atoms with van der Waals surface area (Å²) >= 11 is 0. The van der Waals surface area contributed by atoms with Gasteiger partial charge in [-0.25, -0.2) is 4.39 Å². The number of fused-ring (bicyclic) bond motifs is 1. The van der Waals surface area contributed by atoms with E-state index in [-0.39, 0.29) is 18.1 Å². The number of benzene rings is 3. The van der Waals surface area contributed by atoms with E-state index in [1.165, 1.54) is 24.3 Å². The first-order valence-electron chi connectivity index (χ1n) is 10.3. The molecule has 1 aromatic heterocycles. The summed E-state index contributed by atoms with van der Waals surface area (Å²) in [6.45, 7) is 2.10. The summed E-state index contributed by atoms with van der Waals surface area (Å²) in [5.41, 5.74) is 1.23. The summed E-state index contributed by atoms with van der Waals surface area (Å²) in [4.78, 5) is 25.5. The van der Waals surface area contributed by atoms with Crippen molar-refractivity contribution in [1.82, 2.24) is 0 Å². The van der Waals surface area contributed by atoms with E-state index in [1.54, 1.807) is 48.5 Å². The molecule has 1 heterocycles. The van der Waals surface area contributed by atoms with Crippen molar-refractivity contribution in [3.05, 3.63) is 84.4 Å². The van der Waals surface area contributed by atoms with Gasteiger partial charge in [-0.15, -0.1) is 0 Å².